The van der Waals surface area contributed by atoms with Gasteiger partial charge in [0.05, 0.1) is 24.0 Å². The number of hydrogen-bond donors (Lipinski definition) is 0. The molecule has 0 bridgehead atoms. The summed E-state index contributed by atoms with van der Waals surface area (Å²) in [5.74, 6) is -0.0812. The minimum absolute atomic E-state index is 0.0812. The molecule has 118 valence electrons. The lowest BCUT2D eigenvalue weighted by molar-refractivity contribution is 0.0783. The average Bonchev–Trinajstić information content (AvgIpc) is 2.98. The topological polar surface area (TPSA) is 63.9 Å². The molecule has 0 aliphatic rings. The Bertz CT molecular complexity index is 825. The van der Waals surface area contributed by atoms with Crippen molar-refractivity contribution in [2.24, 2.45) is 0 Å². The molecular weight excluding hydrogens is 290 g/mol. The molecule has 0 radical (unpaired) electrons. The highest BCUT2D eigenvalue weighted by Crippen LogP contribution is 2.17. The summed E-state index contributed by atoms with van der Waals surface area (Å²) in [5.41, 5.74) is 2.20. The van der Waals surface area contributed by atoms with E-state index in [1.165, 1.54) is 0 Å². The Labute approximate surface area is 134 Å². The second-order valence-electron chi connectivity index (χ2n) is 5.80. The number of rotatable bonds is 4. The zero-order valence-corrected chi connectivity index (χ0v) is 13.5. The fourth-order valence-corrected chi connectivity index (χ4v) is 2.46. The average molecular weight is 309 g/mol. The number of pyridine rings is 2. The van der Waals surface area contributed by atoms with Crippen molar-refractivity contribution in [3.05, 3.63) is 54.1 Å². The highest BCUT2D eigenvalue weighted by Gasteiger charge is 2.15. The molecule has 3 heterocycles. The lowest BCUT2D eigenvalue weighted by Crippen LogP contribution is -2.26. The molecule has 0 aliphatic heterocycles. The maximum atomic E-state index is 12.6. The quantitative estimate of drug-likeness (QED) is 0.743. The van der Waals surface area contributed by atoms with Crippen LogP contribution in [0.25, 0.3) is 11.0 Å². The SMILES string of the molecule is CC(C)n1ncc2cc(C(=O)N(C)Cc3ccccn3)cnc21. The van der Waals surface area contributed by atoms with E-state index >= 15 is 0 Å². The van der Waals surface area contributed by atoms with Gasteiger partial charge in [-0.25, -0.2) is 9.67 Å². The van der Waals surface area contributed by atoms with E-state index in [0.717, 1.165) is 16.7 Å². The predicted molar refractivity (Wildman–Crippen MR) is 87.9 cm³/mol. The zero-order chi connectivity index (χ0) is 16.4. The molecule has 0 aromatic carbocycles. The molecule has 0 atom stereocenters. The van der Waals surface area contributed by atoms with Gasteiger partial charge < -0.3 is 4.90 Å². The highest BCUT2D eigenvalue weighted by molar-refractivity contribution is 5.96. The van der Waals surface area contributed by atoms with Gasteiger partial charge in [0, 0.05) is 30.9 Å². The normalized spacial score (nSPS) is 11.1. The van der Waals surface area contributed by atoms with E-state index in [-0.39, 0.29) is 11.9 Å². The second-order valence-corrected chi connectivity index (χ2v) is 5.80. The number of hydrogen-bond acceptors (Lipinski definition) is 4. The van der Waals surface area contributed by atoms with Crippen molar-refractivity contribution < 1.29 is 4.79 Å². The molecule has 0 fully saturated rings. The van der Waals surface area contributed by atoms with Gasteiger partial charge in [0.15, 0.2) is 5.65 Å². The summed E-state index contributed by atoms with van der Waals surface area (Å²) in [6.45, 7) is 4.56. The minimum atomic E-state index is -0.0812. The number of amides is 1. The molecule has 0 aliphatic carbocycles. The Morgan fingerprint density at radius 1 is 1.26 bits per heavy atom. The van der Waals surface area contributed by atoms with E-state index in [9.17, 15) is 4.79 Å². The standard InChI is InChI=1S/C17H19N5O/c1-12(2)22-16-13(10-20-22)8-14(9-19-16)17(23)21(3)11-15-6-4-5-7-18-15/h4-10,12H,11H2,1-3H3. The Morgan fingerprint density at radius 3 is 2.78 bits per heavy atom. The predicted octanol–water partition coefficient (Wildman–Crippen LogP) is 2.68. The van der Waals surface area contributed by atoms with Crippen LogP contribution in [0, 0.1) is 0 Å². The van der Waals surface area contributed by atoms with Crippen LogP contribution in [0.1, 0.15) is 35.9 Å². The number of carbonyl (C=O) groups is 1. The monoisotopic (exact) mass is 309 g/mol. The lowest BCUT2D eigenvalue weighted by atomic mass is 10.2. The van der Waals surface area contributed by atoms with Gasteiger partial charge in [-0.3, -0.25) is 9.78 Å². The van der Waals surface area contributed by atoms with E-state index in [1.54, 1.807) is 30.5 Å². The van der Waals surface area contributed by atoms with Crippen LogP contribution >= 0.6 is 0 Å². The summed E-state index contributed by atoms with van der Waals surface area (Å²) in [6.07, 6.45) is 5.08. The largest absolute Gasteiger partial charge is 0.336 e. The molecule has 3 rings (SSSR count). The third kappa shape index (κ3) is 3.06. The first-order valence-electron chi connectivity index (χ1n) is 7.55. The van der Waals surface area contributed by atoms with Crippen molar-refractivity contribution in [3.63, 3.8) is 0 Å². The van der Waals surface area contributed by atoms with Gasteiger partial charge in [0.25, 0.3) is 5.91 Å². The van der Waals surface area contributed by atoms with Gasteiger partial charge in [-0.15, -0.1) is 0 Å². The molecule has 6 heteroatoms. The summed E-state index contributed by atoms with van der Waals surface area (Å²) in [5, 5.41) is 5.20. The van der Waals surface area contributed by atoms with Crippen LogP contribution in [0.3, 0.4) is 0 Å². The van der Waals surface area contributed by atoms with E-state index in [1.807, 2.05) is 42.8 Å². The van der Waals surface area contributed by atoms with Crippen LogP contribution in [0.5, 0.6) is 0 Å². The van der Waals surface area contributed by atoms with Gasteiger partial charge in [0.1, 0.15) is 0 Å². The van der Waals surface area contributed by atoms with E-state index < -0.39 is 0 Å². The number of carbonyl (C=O) groups excluding carboxylic acids is 1. The van der Waals surface area contributed by atoms with Crippen molar-refractivity contribution in [1.82, 2.24) is 24.6 Å². The molecular formula is C17H19N5O. The molecule has 0 spiro atoms. The van der Waals surface area contributed by atoms with Crippen LogP contribution in [0.4, 0.5) is 0 Å². The van der Waals surface area contributed by atoms with Gasteiger partial charge >= 0.3 is 0 Å². The fraction of sp³-hybridized carbons (Fsp3) is 0.294. The summed E-state index contributed by atoms with van der Waals surface area (Å²) < 4.78 is 1.85. The first-order valence-corrected chi connectivity index (χ1v) is 7.55. The third-order valence-corrected chi connectivity index (χ3v) is 3.64. The molecule has 3 aromatic heterocycles. The van der Waals surface area contributed by atoms with E-state index in [4.69, 9.17) is 0 Å². The molecule has 23 heavy (non-hydrogen) atoms. The Hall–Kier alpha value is -2.76. The first kappa shape index (κ1) is 15.1. The minimum Gasteiger partial charge on any atom is -0.336 e. The molecule has 0 N–H and O–H groups in total. The van der Waals surface area contributed by atoms with Crippen LogP contribution in [0.2, 0.25) is 0 Å². The molecule has 1 amide bonds. The Kier molecular flexibility index (Phi) is 4.06. The third-order valence-electron chi connectivity index (χ3n) is 3.64. The second kappa shape index (κ2) is 6.16. The zero-order valence-electron chi connectivity index (χ0n) is 13.5. The van der Waals surface area contributed by atoms with Crippen molar-refractivity contribution in [2.45, 2.75) is 26.4 Å². The van der Waals surface area contributed by atoms with E-state index in [0.29, 0.717) is 12.1 Å². The highest BCUT2D eigenvalue weighted by atomic mass is 16.2. The first-order chi connectivity index (χ1) is 11.1. The van der Waals surface area contributed by atoms with Crippen molar-refractivity contribution in [3.8, 4) is 0 Å². The van der Waals surface area contributed by atoms with Crippen LogP contribution in [-0.4, -0.2) is 37.6 Å². The fourth-order valence-electron chi connectivity index (χ4n) is 2.46. The summed E-state index contributed by atoms with van der Waals surface area (Å²) in [6, 6.07) is 7.74. The van der Waals surface area contributed by atoms with E-state index in [2.05, 4.69) is 15.1 Å². The lowest BCUT2D eigenvalue weighted by Gasteiger charge is -2.16. The van der Waals surface area contributed by atoms with Crippen LogP contribution in [-0.2, 0) is 6.54 Å². The Balaban J connectivity index is 1.83. The molecule has 3 aromatic rings. The number of nitrogens with zero attached hydrogens (tertiary/aromatic N) is 5. The summed E-state index contributed by atoms with van der Waals surface area (Å²) in [7, 11) is 1.76. The van der Waals surface area contributed by atoms with Crippen molar-refractivity contribution >= 4 is 16.9 Å². The molecule has 0 unspecified atom stereocenters. The van der Waals surface area contributed by atoms with Crippen LogP contribution in [0.15, 0.2) is 42.9 Å². The molecule has 6 nitrogen and oxygen atoms in total. The van der Waals surface area contributed by atoms with Gasteiger partial charge in [-0.1, -0.05) is 6.07 Å². The smallest absolute Gasteiger partial charge is 0.255 e. The summed E-state index contributed by atoms with van der Waals surface area (Å²) >= 11 is 0. The number of aromatic nitrogens is 4. The molecule has 0 saturated carbocycles. The van der Waals surface area contributed by atoms with Crippen molar-refractivity contribution in [1.29, 1.82) is 0 Å². The summed E-state index contributed by atoms with van der Waals surface area (Å²) in [4.78, 5) is 22.9. The Morgan fingerprint density at radius 2 is 2.09 bits per heavy atom. The van der Waals surface area contributed by atoms with Gasteiger partial charge in [-0.2, -0.15) is 5.10 Å². The van der Waals surface area contributed by atoms with Crippen molar-refractivity contribution in [2.75, 3.05) is 7.05 Å². The molecule has 0 saturated heterocycles. The maximum absolute atomic E-state index is 12.6. The maximum Gasteiger partial charge on any atom is 0.255 e. The van der Waals surface area contributed by atoms with Gasteiger partial charge in [0.2, 0.25) is 0 Å². The van der Waals surface area contributed by atoms with Crippen LogP contribution < -0.4 is 0 Å². The van der Waals surface area contributed by atoms with Gasteiger partial charge in [-0.05, 0) is 32.0 Å². The number of fused-ring (bicyclic) bond motifs is 1.